The second-order valence-electron chi connectivity index (χ2n) is 2.90. The largest absolute Gasteiger partial charge is 0.441 e. The molecule has 0 N–H and O–H groups in total. The van der Waals surface area contributed by atoms with E-state index in [1.165, 1.54) is 0 Å². The minimum Gasteiger partial charge on any atom is -0.441 e. The molecule has 1 aromatic heterocycles. The molecule has 2 nitrogen and oxygen atoms in total. The molecule has 0 spiro atoms. The first-order valence-electron chi connectivity index (χ1n) is 4.04. The molecule has 0 aliphatic heterocycles. The maximum Gasteiger partial charge on any atom is 0.226 e. The van der Waals surface area contributed by atoms with E-state index in [4.69, 9.17) is 4.42 Å². The third-order valence-corrected chi connectivity index (χ3v) is 4.11. The normalized spacial score (nSPS) is 10.5. The Balaban J connectivity index is 2.47. The summed E-state index contributed by atoms with van der Waals surface area (Å²) in [6, 6.07) is 6.02. The van der Waals surface area contributed by atoms with E-state index in [9.17, 15) is 0 Å². The zero-order valence-corrected chi connectivity index (χ0v) is 11.2. The Hall–Kier alpha value is -0.360. The lowest BCUT2D eigenvalue weighted by molar-refractivity contribution is 0.542. The van der Waals surface area contributed by atoms with Crippen molar-refractivity contribution >= 4 is 38.5 Å². The summed E-state index contributed by atoms with van der Waals surface area (Å²) in [4.78, 5) is 4.17. The van der Waals surface area contributed by atoms with Crippen molar-refractivity contribution in [2.24, 2.45) is 0 Å². The molecule has 4 heteroatoms. The molecule has 1 aromatic carbocycles. The lowest BCUT2D eigenvalue weighted by atomic mass is 10.2. The number of aryl methyl sites for hydroxylation is 1. The summed E-state index contributed by atoms with van der Waals surface area (Å²) >= 11 is 5.72. The van der Waals surface area contributed by atoms with Crippen LogP contribution < -0.4 is 0 Å². The van der Waals surface area contributed by atoms with Gasteiger partial charge in [0.2, 0.25) is 5.89 Å². The van der Waals surface area contributed by atoms with Crippen molar-refractivity contribution < 1.29 is 4.42 Å². The molecular formula is C10H7BrINO. The van der Waals surface area contributed by atoms with Gasteiger partial charge in [-0.3, -0.25) is 0 Å². The van der Waals surface area contributed by atoms with Gasteiger partial charge in [0, 0.05) is 13.6 Å². The molecule has 0 saturated carbocycles. The monoisotopic (exact) mass is 363 g/mol. The molecule has 0 aliphatic rings. The zero-order chi connectivity index (χ0) is 10.1. The molecule has 2 aromatic rings. The number of benzene rings is 1. The van der Waals surface area contributed by atoms with Crippen molar-refractivity contribution in [3.05, 3.63) is 38.2 Å². The summed E-state index contributed by atoms with van der Waals surface area (Å²) in [5, 5.41) is 0. The molecule has 72 valence electrons. The average Bonchev–Trinajstić information content (AvgIpc) is 2.57. The molecule has 0 atom stereocenters. The van der Waals surface area contributed by atoms with Crippen molar-refractivity contribution in [1.29, 1.82) is 0 Å². The highest BCUT2D eigenvalue weighted by molar-refractivity contribution is 14.1. The third kappa shape index (κ3) is 2.00. The quantitative estimate of drug-likeness (QED) is 0.715. The van der Waals surface area contributed by atoms with E-state index < -0.39 is 0 Å². The first kappa shape index (κ1) is 10.2. The predicted octanol–water partition coefficient (Wildman–Crippen LogP) is 4.02. The Bertz CT molecular complexity index is 467. The Labute approximate surface area is 104 Å². The van der Waals surface area contributed by atoms with Gasteiger partial charge in [0.05, 0.1) is 6.20 Å². The van der Waals surface area contributed by atoms with Gasteiger partial charge in [-0.05, 0) is 63.6 Å². The van der Waals surface area contributed by atoms with Crippen LogP contribution in [0.4, 0.5) is 0 Å². The van der Waals surface area contributed by atoms with Gasteiger partial charge in [-0.2, -0.15) is 0 Å². The van der Waals surface area contributed by atoms with Crippen LogP contribution in [0.3, 0.4) is 0 Å². The molecule has 0 fully saturated rings. The maximum atomic E-state index is 5.43. The third-order valence-electron chi connectivity index (χ3n) is 1.79. The Kier molecular flexibility index (Phi) is 2.92. The molecule has 1 heterocycles. The molecule has 2 rings (SSSR count). The SMILES string of the molecule is Cc1cnc(-c2ccc(Br)c(I)c2)o1. The predicted molar refractivity (Wildman–Crippen MR) is 67.1 cm³/mol. The Morgan fingerprint density at radius 2 is 2.21 bits per heavy atom. The summed E-state index contributed by atoms with van der Waals surface area (Å²) < 4.78 is 7.67. The highest BCUT2D eigenvalue weighted by atomic mass is 127. The Morgan fingerprint density at radius 1 is 1.43 bits per heavy atom. The standard InChI is InChI=1S/C10H7BrINO/c1-6-5-13-10(14-6)7-2-3-8(11)9(12)4-7/h2-5H,1H3. The van der Waals surface area contributed by atoms with Gasteiger partial charge in [-0.1, -0.05) is 0 Å². The summed E-state index contributed by atoms with van der Waals surface area (Å²) in [5.74, 6) is 1.51. The van der Waals surface area contributed by atoms with Gasteiger partial charge >= 0.3 is 0 Å². The summed E-state index contributed by atoms with van der Waals surface area (Å²) in [7, 11) is 0. The average molecular weight is 364 g/mol. The summed E-state index contributed by atoms with van der Waals surface area (Å²) in [6.07, 6.45) is 1.73. The van der Waals surface area contributed by atoms with Crippen LogP contribution in [0.1, 0.15) is 5.76 Å². The topological polar surface area (TPSA) is 26.0 Å². The lowest BCUT2D eigenvalue weighted by Crippen LogP contribution is -1.80. The number of hydrogen-bond acceptors (Lipinski definition) is 2. The van der Waals surface area contributed by atoms with Crippen LogP contribution in [0, 0.1) is 10.5 Å². The fourth-order valence-corrected chi connectivity index (χ4v) is 1.88. The van der Waals surface area contributed by atoms with Crippen molar-refractivity contribution in [2.75, 3.05) is 0 Å². The van der Waals surface area contributed by atoms with E-state index in [-0.39, 0.29) is 0 Å². The first-order chi connectivity index (χ1) is 6.66. The summed E-state index contributed by atoms with van der Waals surface area (Å²) in [6.45, 7) is 1.89. The zero-order valence-electron chi connectivity index (χ0n) is 7.42. The van der Waals surface area contributed by atoms with Gasteiger partial charge in [-0.25, -0.2) is 4.98 Å². The number of rotatable bonds is 1. The van der Waals surface area contributed by atoms with Gasteiger partial charge in [0.1, 0.15) is 5.76 Å². The van der Waals surface area contributed by atoms with Crippen LogP contribution >= 0.6 is 38.5 Å². The minimum absolute atomic E-state index is 0.674. The van der Waals surface area contributed by atoms with Crippen molar-refractivity contribution in [3.63, 3.8) is 0 Å². The molecule has 14 heavy (non-hydrogen) atoms. The second kappa shape index (κ2) is 4.02. The van der Waals surface area contributed by atoms with Crippen molar-refractivity contribution in [2.45, 2.75) is 6.92 Å². The van der Waals surface area contributed by atoms with E-state index in [1.54, 1.807) is 6.20 Å². The number of halogens is 2. The van der Waals surface area contributed by atoms with E-state index in [0.29, 0.717) is 5.89 Å². The van der Waals surface area contributed by atoms with Crippen LogP contribution in [0.5, 0.6) is 0 Å². The fraction of sp³-hybridized carbons (Fsp3) is 0.100. The number of aromatic nitrogens is 1. The van der Waals surface area contributed by atoms with Crippen LogP contribution in [-0.4, -0.2) is 4.98 Å². The molecule has 0 bridgehead atoms. The van der Waals surface area contributed by atoms with Crippen molar-refractivity contribution in [1.82, 2.24) is 4.98 Å². The van der Waals surface area contributed by atoms with Crippen LogP contribution in [0.15, 0.2) is 33.3 Å². The molecular weight excluding hydrogens is 357 g/mol. The number of hydrogen-bond donors (Lipinski definition) is 0. The molecule has 0 radical (unpaired) electrons. The van der Waals surface area contributed by atoms with Gasteiger partial charge in [-0.15, -0.1) is 0 Å². The lowest BCUT2D eigenvalue weighted by Gasteiger charge is -1.98. The van der Waals surface area contributed by atoms with Gasteiger partial charge in [0.25, 0.3) is 0 Å². The smallest absolute Gasteiger partial charge is 0.226 e. The van der Waals surface area contributed by atoms with E-state index in [1.807, 2.05) is 25.1 Å². The molecule has 0 aliphatic carbocycles. The van der Waals surface area contributed by atoms with Gasteiger partial charge < -0.3 is 4.42 Å². The van der Waals surface area contributed by atoms with E-state index in [2.05, 4.69) is 43.5 Å². The van der Waals surface area contributed by atoms with Gasteiger partial charge in [0.15, 0.2) is 0 Å². The van der Waals surface area contributed by atoms with Crippen LogP contribution in [0.2, 0.25) is 0 Å². The second-order valence-corrected chi connectivity index (χ2v) is 4.92. The van der Waals surface area contributed by atoms with Crippen LogP contribution in [-0.2, 0) is 0 Å². The van der Waals surface area contributed by atoms with E-state index >= 15 is 0 Å². The molecule has 0 unspecified atom stereocenters. The highest BCUT2D eigenvalue weighted by Gasteiger charge is 2.05. The first-order valence-corrected chi connectivity index (χ1v) is 5.92. The fourth-order valence-electron chi connectivity index (χ4n) is 1.12. The van der Waals surface area contributed by atoms with Crippen LogP contribution in [0.25, 0.3) is 11.5 Å². The van der Waals surface area contributed by atoms with Crippen molar-refractivity contribution in [3.8, 4) is 11.5 Å². The molecule has 0 saturated heterocycles. The van der Waals surface area contributed by atoms with E-state index in [0.717, 1.165) is 19.4 Å². The summed E-state index contributed by atoms with van der Waals surface area (Å²) in [5.41, 5.74) is 1.01. The maximum absolute atomic E-state index is 5.43. The Morgan fingerprint density at radius 3 is 2.79 bits per heavy atom. The minimum atomic E-state index is 0.674. The number of oxazole rings is 1. The highest BCUT2D eigenvalue weighted by Crippen LogP contribution is 2.26. The molecule has 0 amide bonds. The number of nitrogens with zero attached hydrogens (tertiary/aromatic N) is 1.